The number of rotatable bonds is 3. The van der Waals surface area contributed by atoms with Gasteiger partial charge < -0.3 is 9.55 Å². The smallest absolute Gasteiger partial charge is 0.123 e. The summed E-state index contributed by atoms with van der Waals surface area (Å²) in [6, 6.07) is 19.3. The monoisotopic (exact) mass is 344 g/mol. The minimum absolute atomic E-state index is 0.638. The van der Waals surface area contributed by atoms with Crippen LogP contribution in [0.3, 0.4) is 0 Å². The maximum atomic E-state index is 4.83. The highest BCUT2D eigenvalue weighted by atomic mass is 15.2. The average molecular weight is 344 g/mol. The van der Waals surface area contributed by atoms with Gasteiger partial charge in [0.25, 0.3) is 0 Å². The number of hydrogen-bond acceptors (Lipinski definition) is 2. The summed E-state index contributed by atoms with van der Waals surface area (Å²) in [7, 11) is 2.13. The number of H-pyrrole nitrogens is 1. The third-order valence-corrected chi connectivity index (χ3v) is 5.82. The van der Waals surface area contributed by atoms with Crippen LogP contribution in [0, 0.1) is 0 Å². The molecule has 1 aliphatic rings. The van der Waals surface area contributed by atoms with E-state index in [1.54, 1.807) is 0 Å². The van der Waals surface area contributed by atoms with Gasteiger partial charge in [-0.15, -0.1) is 0 Å². The van der Waals surface area contributed by atoms with Crippen LogP contribution in [0.25, 0.3) is 21.9 Å². The van der Waals surface area contributed by atoms with Crippen LogP contribution < -0.4 is 0 Å². The fraction of sp³-hybridized carbons (Fsp3) is 0.318. The van der Waals surface area contributed by atoms with Crippen LogP contribution in [0.1, 0.15) is 30.3 Å². The summed E-state index contributed by atoms with van der Waals surface area (Å²) in [6.07, 6.45) is 2.41. The maximum Gasteiger partial charge on any atom is 0.123 e. The molecular formula is C22H24N4. The summed E-state index contributed by atoms with van der Waals surface area (Å²) in [5.41, 5.74) is 4.96. The molecule has 132 valence electrons. The molecule has 0 amide bonds. The second-order valence-corrected chi connectivity index (χ2v) is 7.44. The second kappa shape index (κ2) is 6.29. The number of likely N-dealkylation sites (tertiary alicyclic amines) is 1. The van der Waals surface area contributed by atoms with Crippen LogP contribution in [-0.2, 0) is 13.6 Å². The third-order valence-electron chi connectivity index (χ3n) is 5.82. The molecule has 4 aromatic rings. The predicted molar refractivity (Wildman–Crippen MR) is 106 cm³/mol. The van der Waals surface area contributed by atoms with Gasteiger partial charge in [-0.1, -0.05) is 30.3 Å². The molecule has 0 spiro atoms. The summed E-state index contributed by atoms with van der Waals surface area (Å²) in [6.45, 7) is 3.19. The molecule has 1 fully saturated rings. The summed E-state index contributed by atoms with van der Waals surface area (Å²) >= 11 is 0. The van der Waals surface area contributed by atoms with Crippen molar-refractivity contribution in [3.63, 3.8) is 0 Å². The molecule has 3 heterocycles. The number of fused-ring (bicyclic) bond motifs is 2. The molecule has 0 radical (unpaired) electrons. The fourth-order valence-electron chi connectivity index (χ4n) is 4.25. The van der Waals surface area contributed by atoms with Gasteiger partial charge in [-0.05, 0) is 55.6 Å². The Morgan fingerprint density at radius 3 is 2.62 bits per heavy atom. The van der Waals surface area contributed by atoms with E-state index in [4.69, 9.17) is 4.98 Å². The van der Waals surface area contributed by atoms with Crippen molar-refractivity contribution in [2.75, 3.05) is 13.1 Å². The minimum Gasteiger partial charge on any atom is -0.358 e. The van der Waals surface area contributed by atoms with Crippen molar-refractivity contribution < 1.29 is 0 Å². The van der Waals surface area contributed by atoms with Crippen molar-refractivity contribution in [1.82, 2.24) is 19.4 Å². The van der Waals surface area contributed by atoms with Gasteiger partial charge in [-0.2, -0.15) is 0 Å². The molecule has 2 aromatic carbocycles. The van der Waals surface area contributed by atoms with Crippen molar-refractivity contribution in [2.24, 2.45) is 7.05 Å². The molecular weight excluding hydrogens is 320 g/mol. The number of nitrogens with zero attached hydrogens (tertiary/aromatic N) is 3. The largest absolute Gasteiger partial charge is 0.358 e. The molecule has 1 aliphatic heterocycles. The maximum absolute atomic E-state index is 4.83. The lowest BCUT2D eigenvalue weighted by Crippen LogP contribution is -2.33. The van der Waals surface area contributed by atoms with Gasteiger partial charge in [0.2, 0.25) is 0 Å². The Hall–Kier alpha value is -2.59. The number of aromatic amines is 1. The molecule has 26 heavy (non-hydrogen) atoms. The molecule has 2 aromatic heterocycles. The molecule has 4 heteroatoms. The second-order valence-electron chi connectivity index (χ2n) is 7.44. The van der Waals surface area contributed by atoms with E-state index in [1.807, 2.05) is 0 Å². The Labute approximate surface area is 153 Å². The quantitative estimate of drug-likeness (QED) is 0.597. The third kappa shape index (κ3) is 2.71. The van der Waals surface area contributed by atoms with Crippen molar-refractivity contribution in [3.05, 3.63) is 66.1 Å². The zero-order chi connectivity index (χ0) is 17.5. The fourth-order valence-corrected chi connectivity index (χ4v) is 4.25. The molecule has 1 N–H and O–H groups in total. The van der Waals surface area contributed by atoms with Gasteiger partial charge in [-0.25, -0.2) is 4.98 Å². The van der Waals surface area contributed by atoms with Crippen LogP contribution >= 0.6 is 0 Å². The zero-order valence-electron chi connectivity index (χ0n) is 15.2. The van der Waals surface area contributed by atoms with E-state index in [2.05, 4.69) is 76.1 Å². The van der Waals surface area contributed by atoms with E-state index in [1.165, 1.54) is 35.0 Å². The van der Waals surface area contributed by atoms with Gasteiger partial charge in [0.15, 0.2) is 0 Å². The van der Waals surface area contributed by atoms with Gasteiger partial charge in [0.1, 0.15) is 5.82 Å². The van der Waals surface area contributed by atoms with Crippen molar-refractivity contribution in [1.29, 1.82) is 0 Å². The Bertz CT molecular complexity index is 1020. The van der Waals surface area contributed by atoms with Crippen LogP contribution in [0.2, 0.25) is 0 Å². The van der Waals surface area contributed by atoms with Crippen LogP contribution in [0.15, 0.2) is 54.6 Å². The first-order valence-electron chi connectivity index (χ1n) is 9.48. The molecule has 0 unspecified atom stereocenters. The number of aromatic nitrogens is 3. The van der Waals surface area contributed by atoms with Crippen LogP contribution in [-0.4, -0.2) is 32.5 Å². The first-order valence-corrected chi connectivity index (χ1v) is 9.48. The lowest BCUT2D eigenvalue weighted by molar-refractivity contribution is 0.198. The van der Waals surface area contributed by atoms with Crippen molar-refractivity contribution in [2.45, 2.75) is 25.3 Å². The van der Waals surface area contributed by atoms with Gasteiger partial charge in [0.05, 0.1) is 17.6 Å². The van der Waals surface area contributed by atoms with E-state index in [9.17, 15) is 0 Å². The lowest BCUT2D eigenvalue weighted by atomic mass is 9.93. The summed E-state index contributed by atoms with van der Waals surface area (Å²) in [5.74, 6) is 1.80. The number of benzene rings is 2. The summed E-state index contributed by atoms with van der Waals surface area (Å²) in [5, 5.41) is 1.32. The highest BCUT2D eigenvalue weighted by Gasteiger charge is 2.23. The standard InChI is InChI=1S/C22H24N4/c1-25-21-9-5-4-8-19(21)24-22(25)15-26-12-10-16(11-13-26)20-14-17-6-2-3-7-18(17)23-20/h2-9,14,16,23H,10-13,15H2,1H3. The molecule has 1 saturated heterocycles. The van der Waals surface area contributed by atoms with E-state index in [-0.39, 0.29) is 0 Å². The normalized spacial score (nSPS) is 16.7. The van der Waals surface area contributed by atoms with Crippen LogP contribution in [0.5, 0.6) is 0 Å². The number of piperidine rings is 1. The molecule has 4 nitrogen and oxygen atoms in total. The lowest BCUT2D eigenvalue weighted by Gasteiger charge is -2.31. The highest BCUT2D eigenvalue weighted by Crippen LogP contribution is 2.30. The van der Waals surface area contributed by atoms with Crippen LogP contribution in [0.4, 0.5) is 0 Å². The first kappa shape index (κ1) is 15.6. The van der Waals surface area contributed by atoms with E-state index in [0.717, 1.165) is 31.0 Å². The van der Waals surface area contributed by atoms with Gasteiger partial charge >= 0.3 is 0 Å². The molecule has 0 bridgehead atoms. The van der Waals surface area contributed by atoms with E-state index in [0.29, 0.717) is 5.92 Å². The highest BCUT2D eigenvalue weighted by molar-refractivity contribution is 5.80. The number of para-hydroxylation sites is 3. The Balaban J connectivity index is 1.28. The number of hydrogen-bond donors (Lipinski definition) is 1. The van der Waals surface area contributed by atoms with Crippen molar-refractivity contribution >= 4 is 21.9 Å². The number of nitrogens with one attached hydrogen (secondary N) is 1. The molecule has 5 rings (SSSR count). The number of aryl methyl sites for hydroxylation is 1. The van der Waals surface area contributed by atoms with Gasteiger partial charge in [-0.3, -0.25) is 4.90 Å². The van der Waals surface area contributed by atoms with Crippen molar-refractivity contribution in [3.8, 4) is 0 Å². The Kier molecular flexibility index (Phi) is 3.79. The topological polar surface area (TPSA) is 36.9 Å². The SMILES string of the molecule is Cn1c(CN2CCC(c3cc4ccccc4[nH]3)CC2)nc2ccccc21. The molecule has 0 saturated carbocycles. The molecule has 0 aliphatic carbocycles. The predicted octanol–water partition coefficient (Wildman–Crippen LogP) is 4.43. The summed E-state index contributed by atoms with van der Waals surface area (Å²) in [4.78, 5) is 11.0. The Morgan fingerprint density at radius 1 is 1.04 bits per heavy atom. The van der Waals surface area contributed by atoms with E-state index < -0.39 is 0 Å². The minimum atomic E-state index is 0.638. The summed E-state index contributed by atoms with van der Waals surface area (Å²) < 4.78 is 2.24. The first-order chi connectivity index (χ1) is 12.8. The zero-order valence-corrected chi connectivity index (χ0v) is 15.2. The van der Waals surface area contributed by atoms with Gasteiger partial charge in [0, 0.05) is 24.2 Å². The Morgan fingerprint density at radius 2 is 1.81 bits per heavy atom. The average Bonchev–Trinajstić information content (AvgIpc) is 3.24. The number of imidazole rings is 1. The molecule has 0 atom stereocenters. The van der Waals surface area contributed by atoms with E-state index >= 15 is 0 Å².